The van der Waals surface area contributed by atoms with Crippen molar-refractivity contribution < 1.29 is 0 Å². The molecule has 1 aromatic heterocycles. The number of hydrogen-bond donors (Lipinski definition) is 0. The maximum absolute atomic E-state index is 4.59. The third kappa shape index (κ3) is 10.1. The predicted octanol–water partition coefficient (Wildman–Crippen LogP) is 8.20. The van der Waals surface area contributed by atoms with Crippen LogP contribution in [0.1, 0.15) is 103 Å². The fraction of sp³-hybridized carbons (Fsp3) is 0.630. The Morgan fingerprint density at radius 3 is 1.83 bits per heavy atom. The van der Waals surface area contributed by atoms with Crippen LogP contribution in [0.4, 0.5) is 0 Å². The summed E-state index contributed by atoms with van der Waals surface area (Å²) in [7, 11) is 0. The lowest BCUT2D eigenvalue weighted by Gasteiger charge is -2.06. The molecule has 0 aliphatic heterocycles. The molecular formula is C27H42N2. The summed E-state index contributed by atoms with van der Waals surface area (Å²) in [5.41, 5.74) is 3.81. The van der Waals surface area contributed by atoms with E-state index in [4.69, 9.17) is 0 Å². The van der Waals surface area contributed by atoms with Gasteiger partial charge in [-0.05, 0) is 42.7 Å². The SMILES string of the molecule is CCCCCCc1cnc(-c2ccc(CCCCCCCCC(C)C)cc2)nc1. The van der Waals surface area contributed by atoms with Gasteiger partial charge in [-0.15, -0.1) is 0 Å². The highest BCUT2D eigenvalue weighted by atomic mass is 14.9. The lowest BCUT2D eigenvalue weighted by atomic mass is 10.0. The molecular weight excluding hydrogens is 352 g/mol. The molecule has 0 fully saturated rings. The van der Waals surface area contributed by atoms with Gasteiger partial charge in [0.1, 0.15) is 0 Å². The van der Waals surface area contributed by atoms with E-state index in [1.165, 1.54) is 88.2 Å². The first-order valence-corrected chi connectivity index (χ1v) is 12.1. The summed E-state index contributed by atoms with van der Waals surface area (Å²) >= 11 is 0. The van der Waals surface area contributed by atoms with Gasteiger partial charge in [-0.1, -0.05) is 103 Å². The number of rotatable bonds is 15. The molecule has 0 radical (unpaired) electrons. The highest BCUT2D eigenvalue weighted by Crippen LogP contribution is 2.18. The number of aryl methyl sites for hydroxylation is 2. The van der Waals surface area contributed by atoms with Crippen LogP contribution in [0.2, 0.25) is 0 Å². The molecule has 0 aliphatic rings. The molecule has 0 bridgehead atoms. The molecule has 1 heterocycles. The van der Waals surface area contributed by atoms with E-state index in [0.717, 1.165) is 23.7 Å². The van der Waals surface area contributed by atoms with E-state index in [1.807, 2.05) is 12.4 Å². The minimum Gasteiger partial charge on any atom is -0.236 e. The first kappa shape index (κ1) is 23.6. The zero-order valence-electron chi connectivity index (χ0n) is 19.1. The summed E-state index contributed by atoms with van der Waals surface area (Å²) in [4.78, 5) is 9.18. The quantitative estimate of drug-likeness (QED) is 0.284. The van der Waals surface area contributed by atoms with Crippen LogP contribution in [0.15, 0.2) is 36.7 Å². The molecule has 2 nitrogen and oxygen atoms in total. The molecule has 1 aromatic carbocycles. The monoisotopic (exact) mass is 394 g/mol. The lowest BCUT2D eigenvalue weighted by Crippen LogP contribution is -1.94. The minimum atomic E-state index is 0.843. The molecule has 2 rings (SSSR count). The molecule has 29 heavy (non-hydrogen) atoms. The molecule has 0 saturated carbocycles. The molecule has 2 heteroatoms. The van der Waals surface area contributed by atoms with Gasteiger partial charge in [0.15, 0.2) is 5.82 Å². The summed E-state index contributed by atoms with van der Waals surface area (Å²) in [5.74, 6) is 1.70. The molecule has 0 unspecified atom stereocenters. The second kappa shape index (κ2) is 14.3. The molecule has 2 aromatic rings. The van der Waals surface area contributed by atoms with Crippen LogP contribution in [-0.4, -0.2) is 9.97 Å². The molecule has 0 saturated heterocycles. The van der Waals surface area contributed by atoms with Gasteiger partial charge in [-0.25, -0.2) is 9.97 Å². The van der Waals surface area contributed by atoms with Crippen molar-refractivity contribution in [1.82, 2.24) is 9.97 Å². The molecule has 0 amide bonds. The van der Waals surface area contributed by atoms with Crippen LogP contribution in [0, 0.1) is 5.92 Å². The van der Waals surface area contributed by atoms with E-state index < -0.39 is 0 Å². The Morgan fingerprint density at radius 2 is 1.21 bits per heavy atom. The number of benzene rings is 1. The van der Waals surface area contributed by atoms with Crippen molar-refractivity contribution in [3.05, 3.63) is 47.8 Å². The zero-order chi connectivity index (χ0) is 20.7. The maximum atomic E-state index is 4.59. The second-order valence-electron chi connectivity index (χ2n) is 8.98. The summed E-state index contributed by atoms with van der Waals surface area (Å²) in [5, 5.41) is 0. The Kier molecular flexibility index (Phi) is 11.6. The van der Waals surface area contributed by atoms with Crippen molar-refractivity contribution in [2.75, 3.05) is 0 Å². The van der Waals surface area contributed by atoms with Gasteiger partial charge < -0.3 is 0 Å². The van der Waals surface area contributed by atoms with Gasteiger partial charge in [0.2, 0.25) is 0 Å². The van der Waals surface area contributed by atoms with Crippen molar-refractivity contribution in [2.24, 2.45) is 5.92 Å². The smallest absolute Gasteiger partial charge is 0.159 e. The van der Waals surface area contributed by atoms with E-state index in [-0.39, 0.29) is 0 Å². The van der Waals surface area contributed by atoms with Crippen molar-refractivity contribution >= 4 is 0 Å². The lowest BCUT2D eigenvalue weighted by molar-refractivity contribution is 0.511. The van der Waals surface area contributed by atoms with Crippen LogP contribution >= 0.6 is 0 Å². The van der Waals surface area contributed by atoms with Crippen LogP contribution in [-0.2, 0) is 12.8 Å². The minimum absolute atomic E-state index is 0.843. The molecule has 0 aliphatic carbocycles. The van der Waals surface area contributed by atoms with Crippen LogP contribution in [0.5, 0.6) is 0 Å². The van der Waals surface area contributed by atoms with Crippen molar-refractivity contribution in [3.63, 3.8) is 0 Å². The summed E-state index contributed by atoms with van der Waals surface area (Å²) in [6.07, 6.45) is 21.1. The Bertz CT molecular complexity index is 643. The fourth-order valence-electron chi connectivity index (χ4n) is 3.80. The third-order valence-corrected chi connectivity index (χ3v) is 5.73. The Hall–Kier alpha value is -1.70. The van der Waals surface area contributed by atoms with Crippen molar-refractivity contribution in [2.45, 2.75) is 104 Å². The first-order valence-electron chi connectivity index (χ1n) is 12.1. The summed E-state index contributed by atoms with van der Waals surface area (Å²) in [6, 6.07) is 8.86. The molecule has 0 N–H and O–H groups in total. The molecule has 160 valence electrons. The van der Waals surface area contributed by atoms with Gasteiger partial charge in [0.05, 0.1) is 0 Å². The summed E-state index contributed by atoms with van der Waals surface area (Å²) < 4.78 is 0. The predicted molar refractivity (Wildman–Crippen MR) is 126 cm³/mol. The van der Waals surface area contributed by atoms with E-state index >= 15 is 0 Å². The largest absolute Gasteiger partial charge is 0.236 e. The number of aromatic nitrogens is 2. The fourth-order valence-corrected chi connectivity index (χ4v) is 3.80. The normalized spacial score (nSPS) is 11.3. The Morgan fingerprint density at radius 1 is 0.655 bits per heavy atom. The van der Waals surface area contributed by atoms with E-state index in [2.05, 4.69) is 55.0 Å². The van der Waals surface area contributed by atoms with Crippen LogP contribution in [0.3, 0.4) is 0 Å². The standard InChI is InChI=1S/C27H42N2/c1-4-5-6-12-16-25-21-28-27(29-22-25)26-19-17-24(18-20-26)15-13-10-8-7-9-11-14-23(2)3/h17-23H,4-16H2,1-3H3. The van der Waals surface area contributed by atoms with Crippen molar-refractivity contribution in [1.29, 1.82) is 0 Å². The first-order chi connectivity index (χ1) is 14.2. The highest BCUT2D eigenvalue weighted by Gasteiger charge is 2.03. The van der Waals surface area contributed by atoms with Crippen molar-refractivity contribution in [3.8, 4) is 11.4 Å². The van der Waals surface area contributed by atoms with Crippen LogP contribution < -0.4 is 0 Å². The Labute approximate surface area is 179 Å². The number of nitrogens with zero attached hydrogens (tertiary/aromatic N) is 2. The van der Waals surface area contributed by atoms with E-state index in [9.17, 15) is 0 Å². The highest BCUT2D eigenvalue weighted by molar-refractivity contribution is 5.55. The summed E-state index contributed by atoms with van der Waals surface area (Å²) in [6.45, 7) is 6.89. The maximum Gasteiger partial charge on any atom is 0.159 e. The number of hydrogen-bond acceptors (Lipinski definition) is 2. The van der Waals surface area contributed by atoms with Gasteiger partial charge in [-0.3, -0.25) is 0 Å². The molecule has 0 atom stereocenters. The van der Waals surface area contributed by atoms with Gasteiger partial charge in [0, 0.05) is 18.0 Å². The van der Waals surface area contributed by atoms with Crippen LogP contribution in [0.25, 0.3) is 11.4 Å². The average Bonchev–Trinajstić information content (AvgIpc) is 2.74. The van der Waals surface area contributed by atoms with Gasteiger partial charge in [-0.2, -0.15) is 0 Å². The Balaban J connectivity index is 1.66. The average molecular weight is 395 g/mol. The van der Waals surface area contributed by atoms with Gasteiger partial charge in [0.25, 0.3) is 0 Å². The second-order valence-corrected chi connectivity index (χ2v) is 8.98. The number of unbranched alkanes of at least 4 members (excludes halogenated alkanes) is 8. The van der Waals surface area contributed by atoms with E-state index in [1.54, 1.807) is 0 Å². The topological polar surface area (TPSA) is 25.8 Å². The van der Waals surface area contributed by atoms with Gasteiger partial charge >= 0.3 is 0 Å². The zero-order valence-corrected chi connectivity index (χ0v) is 19.1. The van der Waals surface area contributed by atoms with E-state index in [0.29, 0.717) is 0 Å². The molecule has 0 spiro atoms. The third-order valence-electron chi connectivity index (χ3n) is 5.73.